The SMILES string of the molecule is CCOC(=O)C12CC1/C=C\CCCCCN(NC(=O)OC(C)(C)C)C(=O)N1CC(Oc3cc(-c4cccs4)nc4ccccc34)CC1C(=O)N2. The van der Waals surface area contributed by atoms with Crippen molar-refractivity contribution in [2.24, 2.45) is 5.92 Å². The predicted octanol–water partition coefficient (Wildman–Crippen LogP) is 6.21. The molecule has 0 bridgehead atoms. The summed E-state index contributed by atoms with van der Waals surface area (Å²) in [6, 6.07) is 12.0. The Balaban J connectivity index is 1.33. The largest absolute Gasteiger partial charge is 0.488 e. The lowest BCUT2D eigenvalue weighted by Gasteiger charge is -2.32. The van der Waals surface area contributed by atoms with Crippen LogP contribution in [-0.4, -0.2) is 81.9 Å². The molecular weight excluding hydrogens is 659 g/mol. The zero-order chi connectivity index (χ0) is 35.5. The van der Waals surface area contributed by atoms with Gasteiger partial charge < -0.3 is 24.4 Å². The highest BCUT2D eigenvalue weighted by atomic mass is 32.1. The molecule has 0 radical (unpaired) electrons. The third-order valence-corrected chi connectivity index (χ3v) is 9.93. The summed E-state index contributed by atoms with van der Waals surface area (Å²) in [7, 11) is 0. The quantitative estimate of drug-likeness (QED) is 0.228. The lowest BCUT2D eigenvalue weighted by molar-refractivity contribution is -0.149. The molecular formula is C37H45N5O7S. The van der Waals surface area contributed by atoms with Gasteiger partial charge in [-0.15, -0.1) is 11.3 Å². The number of aromatic nitrogens is 1. The first-order valence-electron chi connectivity index (χ1n) is 17.3. The van der Waals surface area contributed by atoms with Crippen molar-refractivity contribution in [3.63, 3.8) is 0 Å². The van der Waals surface area contributed by atoms with Crippen LogP contribution in [0.15, 0.2) is 60.0 Å². The van der Waals surface area contributed by atoms with Crippen molar-refractivity contribution in [3.05, 3.63) is 60.0 Å². The Morgan fingerprint density at radius 1 is 1.12 bits per heavy atom. The number of esters is 1. The van der Waals surface area contributed by atoms with E-state index in [1.54, 1.807) is 39.0 Å². The van der Waals surface area contributed by atoms with Crippen LogP contribution >= 0.6 is 11.3 Å². The molecule has 2 aromatic heterocycles. The van der Waals surface area contributed by atoms with Crippen LogP contribution in [0.5, 0.6) is 5.75 Å². The molecule has 4 heterocycles. The minimum atomic E-state index is -1.21. The zero-order valence-electron chi connectivity index (χ0n) is 29.0. The van der Waals surface area contributed by atoms with Gasteiger partial charge in [-0.05, 0) is 77.0 Å². The summed E-state index contributed by atoms with van der Waals surface area (Å²) in [5.74, 6) is -0.607. The van der Waals surface area contributed by atoms with E-state index >= 15 is 0 Å². The van der Waals surface area contributed by atoms with E-state index in [0.717, 1.165) is 40.7 Å². The van der Waals surface area contributed by atoms with E-state index in [1.165, 1.54) is 9.91 Å². The zero-order valence-corrected chi connectivity index (χ0v) is 29.8. The molecule has 3 aromatic rings. The molecule has 1 saturated carbocycles. The average molecular weight is 704 g/mol. The number of benzene rings is 1. The number of rotatable bonds is 6. The molecule has 4 amide bonds. The predicted molar refractivity (Wildman–Crippen MR) is 189 cm³/mol. The van der Waals surface area contributed by atoms with Crippen molar-refractivity contribution >= 4 is 46.2 Å². The number of ether oxygens (including phenoxy) is 3. The van der Waals surface area contributed by atoms with Gasteiger partial charge in [0.1, 0.15) is 29.0 Å². The van der Waals surface area contributed by atoms with Gasteiger partial charge in [-0.3, -0.25) is 4.79 Å². The molecule has 2 aliphatic heterocycles. The summed E-state index contributed by atoms with van der Waals surface area (Å²) in [6.07, 6.45) is 6.27. The van der Waals surface area contributed by atoms with Gasteiger partial charge in [-0.1, -0.05) is 36.8 Å². The number of hydrazine groups is 1. The van der Waals surface area contributed by atoms with Gasteiger partial charge >= 0.3 is 18.1 Å². The molecule has 266 valence electrons. The topological polar surface area (TPSA) is 139 Å². The van der Waals surface area contributed by atoms with E-state index in [2.05, 4.69) is 10.7 Å². The van der Waals surface area contributed by atoms with E-state index in [9.17, 15) is 19.2 Å². The maximum atomic E-state index is 14.4. The average Bonchev–Trinajstić information content (AvgIpc) is 3.38. The van der Waals surface area contributed by atoms with Gasteiger partial charge in [0.25, 0.3) is 0 Å². The van der Waals surface area contributed by atoms with E-state index < -0.39 is 47.3 Å². The molecule has 2 N–H and O–H groups in total. The van der Waals surface area contributed by atoms with Crippen molar-refractivity contribution in [2.45, 2.75) is 89.5 Å². The third-order valence-electron chi connectivity index (χ3n) is 9.03. The Kier molecular flexibility index (Phi) is 10.3. The highest BCUT2D eigenvalue weighted by Crippen LogP contribution is 2.46. The van der Waals surface area contributed by atoms with Crippen molar-refractivity contribution in [1.82, 2.24) is 25.6 Å². The highest BCUT2D eigenvalue weighted by Gasteiger charge is 2.62. The number of thiophene rings is 1. The van der Waals surface area contributed by atoms with Crippen LogP contribution in [0.3, 0.4) is 0 Å². The molecule has 13 heteroatoms. The molecule has 6 rings (SSSR count). The maximum Gasteiger partial charge on any atom is 0.426 e. The number of hydrogen-bond donors (Lipinski definition) is 2. The molecule has 3 aliphatic rings. The number of fused-ring (bicyclic) bond motifs is 3. The first kappa shape index (κ1) is 35.2. The van der Waals surface area contributed by atoms with E-state index in [0.29, 0.717) is 18.6 Å². The molecule has 1 saturated heterocycles. The number of nitrogens with one attached hydrogen (secondary N) is 2. The van der Waals surface area contributed by atoms with Crippen LogP contribution in [0.1, 0.15) is 66.2 Å². The molecule has 50 heavy (non-hydrogen) atoms. The van der Waals surface area contributed by atoms with Crippen molar-refractivity contribution in [2.75, 3.05) is 19.7 Å². The number of carbonyl (C=O) groups is 4. The van der Waals surface area contributed by atoms with Gasteiger partial charge in [-0.25, -0.2) is 29.8 Å². The Morgan fingerprint density at radius 2 is 1.94 bits per heavy atom. The highest BCUT2D eigenvalue weighted by molar-refractivity contribution is 7.13. The lowest BCUT2D eigenvalue weighted by Crippen LogP contribution is -2.58. The van der Waals surface area contributed by atoms with E-state index in [1.807, 2.05) is 60.0 Å². The van der Waals surface area contributed by atoms with Crippen molar-refractivity contribution in [1.29, 1.82) is 0 Å². The minimum absolute atomic E-state index is 0.0597. The number of para-hydroxylation sites is 1. The number of carbonyl (C=O) groups excluding carboxylic acids is 4. The van der Waals surface area contributed by atoms with Gasteiger partial charge in [0.15, 0.2) is 0 Å². The number of urea groups is 1. The summed E-state index contributed by atoms with van der Waals surface area (Å²) < 4.78 is 17.5. The van der Waals surface area contributed by atoms with E-state index in [-0.39, 0.29) is 32.0 Å². The second-order valence-electron chi connectivity index (χ2n) is 14.0. The van der Waals surface area contributed by atoms with Crippen LogP contribution in [0.2, 0.25) is 0 Å². The third kappa shape index (κ3) is 7.88. The first-order chi connectivity index (χ1) is 24.0. The summed E-state index contributed by atoms with van der Waals surface area (Å²) in [5.41, 5.74) is 2.15. The van der Waals surface area contributed by atoms with Crippen LogP contribution in [-0.2, 0) is 19.1 Å². The van der Waals surface area contributed by atoms with Crippen molar-refractivity contribution < 1.29 is 33.4 Å². The molecule has 4 atom stereocenters. The second-order valence-corrected chi connectivity index (χ2v) is 14.9. The van der Waals surface area contributed by atoms with Crippen LogP contribution in [0.25, 0.3) is 21.5 Å². The van der Waals surface area contributed by atoms with Crippen LogP contribution in [0.4, 0.5) is 9.59 Å². The fourth-order valence-electron chi connectivity index (χ4n) is 6.56. The fraction of sp³-hybridized carbons (Fsp3) is 0.486. The van der Waals surface area contributed by atoms with Gasteiger partial charge in [-0.2, -0.15) is 0 Å². The summed E-state index contributed by atoms with van der Waals surface area (Å²) in [4.78, 5) is 62.0. The molecule has 4 unspecified atom stereocenters. The van der Waals surface area contributed by atoms with Gasteiger partial charge in [0.2, 0.25) is 5.91 Å². The number of nitrogens with zero attached hydrogens (tertiary/aromatic N) is 3. The fourth-order valence-corrected chi connectivity index (χ4v) is 7.25. The van der Waals surface area contributed by atoms with Gasteiger partial charge in [0, 0.05) is 30.3 Å². The molecule has 1 aromatic carbocycles. The van der Waals surface area contributed by atoms with E-state index in [4.69, 9.17) is 19.2 Å². The summed E-state index contributed by atoms with van der Waals surface area (Å²) >= 11 is 1.57. The smallest absolute Gasteiger partial charge is 0.426 e. The maximum absolute atomic E-state index is 14.4. The minimum Gasteiger partial charge on any atom is -0.488 e. The van der Waals surface area contributed by atoms with Gasteiger partial charge in [0.05, 0.1) is 29.2 Å². The Bertz CT molecular complexity index is 1760. The van der Waals surface area contributed by atoms with Crippen LogP contribution in [0, 0.1) is 5.92 Å². The molecule has 0 spiro atoms. The van der Waals surface area contributed by atoms with Crippen LogP contribution < -0.4 is 15.5 Å². The first-order valence-corrected chi connectivity index (χ1v) is 18.2. The monoisotopic (exact) mass is 703 g/mol. The Labute approximate surface area is 296 Å². The second kappa shape index (κ2) is 14.7. The standard InChI is InChI=1S/C37H45N5O7S/c1-5-47-33(44)37-22-24(37)14-9-7-6-8-12-18-42(40-34(45)49-36(2,3)4)35(46)41-23-25(20-29(41)32(43)39-37)48-30-21-28(31-17-13-19-50-31)38-27-16-11-10-15-26(27)30/h9-11,13-17,19,21,24-25,29H,5-8,12,18,20,22-23H2,1-4H3,(H,39,43)(H,40,45)/b14-9-. The summed E-state index contributed by atoms with van der Waals surface area (Å²) in [6.45, 7) is 7.41. The number of allylic oxidation sites excluding steroid dienone is 1. The Hall–Kier alpha value is -4.65. The molecule has 12 nitrogen and oxygen atoms in total. The number of pyridine rings is 1. The summed E-state index contributed by atoms with van der Waals surface area (Å²) in [5, 5.41) is 7.00. The number of amides is 4. The molecule has 1 aliphatic carbocycles. The molecule has 2 fully saturated rings. The number of hydrogen-bond acceptors (Lipinski definition) is 9. The van der Waals surface area contributed by atoms with Crippen molar-refractivity contribution in [3.8, 4) is 16.3 Å². The normalized spacial score (nSPS) is 25.0. The lowest BCUT2D eigenvalue weighted by atomic mass is 10.1. The Morgan fingerprint density at radius 3 is 2.70 bits per heavy atom.